The minimum atomic E-state index is -0.567. The molecule has 3 rings (SSSR count). The topological polar surface area (TPSA) is 124 Å². The first kappa shape index (κ1) is 19.4. The molecule has 0 spiro atoms. The fourth-order valence-electron chi connectivity index (χ4n) is 3.27. The number of H-pyrrole nitrogens is 1. The number of primary amides is 1. The number of aryl methyl sites for hydroxylation is 2. The number of amides is 1. The summed E-state index contributed by atoms with van der Waals surface area (Å²) in [6.45, 7) is 4.08. The van der Waals surface area contributed by atoms with Gasteiger partial charge in [0.15, 0.2) is 5.82 Å². The van der Waals surface area contributed by atoms with Crippen molar-refractivity contribution in [2.75, 3.05) is 5.32 Å². The Hall–Kier alpha value is -3.32. The second kappa shape index (κ2) is 8.14. The van der Waals surface area contributed by atoms with Crippen molar-refractivity contribution < 1.29 is 15.0 Å². The van der Waals surface area contributed by atoms with E-state index in [-0.39, 0.29) is 12.4 Å². The number of aliphatic hydroxyl groups excluding tert-OH is 1. The Labute approximate surface area is 163 Å². The van der Waals surface area contributed by atoms with Gasteiger partial charge in [0.05, 0.1) is 12.3 Å². The lowest BCUT2D eigenvalue weighted by molar-refractivity contribution is 0.100. The molecule has 2 aromatic carbocycles. The monoisotopic (exact) mass is 380 g/mol. The average molecular weight is 380 g/mol. The van der Waals surface area contributed by atoms with Gasteiger partial charge in [0, 0.05) is 13.0 Å². The molecule has 1 amide bonds. The third-order valence-electron chi connectivity index (χ3n) is 4.65. The summed E-state index contributed by atoms with van der Waals surface area (Å²) in [5, 5.41) is 29.4. The summed E-state index contributed by atoms with van der Waals surface area (Å²) >= 11 is 0. The van der Waals surface area contributed by atoms with Crippen LogP contribution in [0.2, 0.25) is 0 Å². The average Bonchev–Trinajstić information content (AvgIpc) is 3.07. The van der Waals surface area contributed by atoms with Crippen molar-refractivity contribution in [3.05, 3.63) is 75.5 Å². The molecule has 0 fully saturated rings. The number of hydrogen-bond acceptors (Lipinski definition) is 5. The molecule has 7 heteroatoms. The summed E-state index contributed by atoms with van der Waals surface area (Å²) in [7, 11) is 0. The van der Waals surface area contributed by atoms with Crippen molar-refractivity contribution in [1.82, 2.24) is 10.2 Å². The van der Waals surface area contributed by atoms with Crippen molar-refractivity contribution in [1.29, 1.82) is 0 Å². The summed E-state index contributed by atoms with van der Waals surface area (Å²) in [6, 6.07) is 11.2. The van der Waals surface area contributed by atoms with Crippen molar-refractivity contribution in [3.63, 3.8) is 0 Å². The van der Waals surface area contributed by atoms with E-state index in [1.165, 1.54) is 0 Å². The number of hydrogen-bond donors (Lipinski definition) is 5. The van der Waals surface area contributed by atoms with E-state index in [1.807, 2.05) is 50.2 Å². The number of nitrogens with one attached hydrogen (secondary N) is 2. The quantitative estimate of drug-likeness (QED) is 0.431. The number of aromatic hydroxyl groups is 1. The second-order valence-corrected chi connectivity index (χ2v) is 6.88. The molecule has 1 aromatic heterocycles. The highest BCUT2D eigenvalue weighted by atomic mass is 16.3. The standard InChI is InChI=1S/C21H24N4O3/c1-12-6-16(7-13(2)19(12)27)10-23-21-18(20(22)28)17(24-25-21)9-14-4-3-5-15(8-14)11-26/h3-8,26-27H,9-11H2,1-2H3,(H2,22,28)(H2,23,24,25). The van der Waals surface area contributed by atoms with Crippen molar-refractivity contribution in [2.45, 2.75) is 33.4 Å². The molecule has 0 atom stereocenters. The highest BCUT2D eigenvalue weighted by molar-refractivity contribution is 5.98. The fourth-order valence-corrected chi connectivity index (χ4v) is 3.27. The molecule has 0 bridgehead atoms. The number of rotatable bonds is 7. The van der Waals surface area contributed by atoms with Crippen LogP contribution < -0.4 is 11.1 Å². The van der Waals surface area contributed by atoms with E-state index in [0.29, 0.717) is 30.0 Å². The van der Waals surface area contributed by atoms with E-state index in [2.05, 4.69) is 15.5 Å². The van der Waals surface area contributed by atoms with Crippen LogP contribution in [0, 0.1) is 13.8 Å². The first-order chi connectivity index (χ1) is 13.4. The molecular formula is C21H24N4O3. The Kier molecular flexibility index (Phi) is 5.65. The third kappa shape index (κ3) is 4.15. The highest BCUT2D eigenvalue weighted by Gasteiger charge is 2.18. The maximum atomic E-state index is 12.0. The number of aliphatic hydroxyl groups is 1. The number of anilines is 1. The molecule has 0 aliphatic heterocycles. The Bertz CT molecular complexity index is 988. The fraction of sp³-hybridized carbons (Fsp3) is 0.238. The van der Waals surface area contributed by atoms with Gasteiger partial charge in [-0.15, -0.1) is 0 Å². The zero-order chi connectivity index (χ0) is 20.3. The molecule has 0 aliphatic rings. The number of aromatic amines is 1. The molecule has 0 saturated carbocycles. The van der Waals surface area contributed by atoms with Gasteiger partial charge in [-0.2, -0.15) is 5.10 Å². The SMILES string of the molecule is Cc1cc(CNc2n[nH]c(Cc3cccc(CO)c3)c2C(N)=O)cc(C)c1O. The lowest BCUT2D eigenvalue weighted by Gasteiger charge is -2.10. The zero-order valence-corrected chi connectivity index (χ0v) is 15.9. The van der Waals surface area contributed by atoms with Gasteiger partial charge in [-0.3, -0.25) is 9.89 Å². The minimum Gasteiger partial charge on any atom is -0.507 e. The molecule has 3 aromatic rings. The maximum Gasteiger partial charge on any atom is 0.254 e. The van der Waals surface area contributed by atoms with E-state index in [4.69, 9.17) is 5.73 Å². The third-order valence-corrected chi connectivity index (χ3v) is 4.65. The Morgan fingerprint density at radius 2 is 1.82 bits per heavy atom. The summed E-state index contributed by atoms with van der Waals surface area (Å²) in [5.74, 6) is 0.112. The molecule has 1 heterocycles. The molecular weight excluding hydrogens is 356 g/mol. The van der Waals surface area contributed by atoms with Gasteiger partial charge in [0.2, 0.25) is 0 Å². The smallest absolute Gasteiger partial charge is 0.254 e. The predicted octanol–water partition coefficient (Wildman–Crippen LogP) is 2.53. The van der Waals surface area contributed by atoms with Crippen LogP contribution in [0.3, 0.4) is 0 Å². The highest BCUT2D eigenvalue weighted by Crippen LogP contribution is 2.24. The van der Waals surface area contributed by atoms with Crippen LogP contribution >= 0.6 is 0 Å². The molecule has 7 nitrogen and oxygen atoms in total. The molecule has 28 heavy (non-hydrogen) atoms. The van der Waals surface area contributed by atoms with Crippen LogP contribution in [0.4, 0.5) is 5.82 Å². The first-order valence-electron chi connectivity index (χ1n) is 8.97. The summed E-state index contributed by atoms with van der Waals surface area (Å²) in [5.41, 5.74) is 10.8. The van der Waals surface area contributed by atoms with Crippen molar-refractivity contribution in [2.24, 2.45) is 5.73 Å². The zero-order valence-electron chi connectivity index (χ0n) is 15.9. The van der Waals surface area contributed by atoms with Crippen LogP contribution in [0.1, 0.15) is 43.9 Å². The molecule has 0 unspecified atom stereocenters. The molecule has 6 N–H and O–H groups in total. The lowest BCUT2D eigenvalue weighted by atomic mass is 10.0. The van der Waals surface area contributed by atoms with Crippen molar-refractivity contribution >= 4 is 11.7 Å². The van der Waals surface area contributed by atoms with Gasteiger partial charge in [-0.1, -0.05) is 36.4 Å². The van der Waals surface area contributed by atoms with E-state index < -0.39 is 5.91 Å². The number of phenolic OH excluding ortho intramolecular Hbond substituents is 1. The van der Waals surface area contributed by atoms with Crippen LogP contribution in [0.15, 0.2) is 36.4 Å². The van der Waals surface area contributed by atoms with Crippen LogP contribution in [-0.2, 0) is 19.6 Å². The van der Waals surface area contributed by atoms with Gasteiger partial charge < -0.3 is 21.3 Å². The number of aromatic nitrogens is 2. The normalized spacial score (nSPS) is 10.8. The molecule has 0 radical (unpaired) electrons. The van der Waals surface area contributed by atoms with Crippen LogP contribution in [0.25, 0.3) is 0 Å². The number of nitrogens with two attached hydrogens (primary N) is 1. The van der Waals surface area contributed by atoms with E-state index in [9.17, 15) is 15.0 Å². The van der Waals surface area contributed by atoms with Crippen molar-refractivity contribution in [3.8, 4) is 5.75 Å². The largest absolute Gasteiger partial charge is 0.507 e. The van der Waals surface area contributed by atoms with Gasteiger partial charge in [-0.05, 0) is 41.7 Å². The van der Waals surface area contributed by atoms with Crippen LogP contribution in [-0.4, -0.2) is 26.3 Å². The number of phenols is 1. The molecule has 0 aliphatic carbocycles. The number of carbonyl (C=O) groups excluding carboxylic acids is 1. The van der Waals surface area contributed by atoms with Gasteiger partial charge in [-0.25, -0.2) is 0 Å². The van der Waals surface area contributed by atoms with E-state index in [0.717, 1.165) is 27.8 Å². The van der Waals surface area contributed by atoms with Gasteiger partial charge >= 0.3 is 0 Å². The van der Waals surface area contributed by atoms with Crippen LogP contribution in [0.5, 0.6) is 5.75 Å². The molecule has 0 saturated heterocycles. The van der Waals surface area contributed by atoms with Gasteiger partial charge in [0.1, 0.15) is 11.3 Å². The van der Waals surface area contributed by atoms with E-state index >= 15 is 0 Å². The Balaban J connectivity index is 1.81. The minimum absolute atomic E-state index is 0.0439. The first-order valence-corrected chi connectivity index (χ1v) is 8.97. The Morgan fingerprint density at radius 3 is 2.46 bits per heavy atom. The maximum absolute atomic E-state index is 12.0. The Morgan fingerprint density at radius 1 is 1.14 bits per heavy atom. The summed E-state index contributed by atoms with van der Waals surface area (Å²) < 4.78 is 0. The number of benzene rings is 2. The van der Waals surface area contributed by atoms with Gasteiger partial charge in [0.25, 0.3) is 5.91 Å². The number of carbonyl (C=O) groups is 1. The molecule has 146 valence electrons. The van der Waals surface area contributed by atoms with E-state index in [1.54, 1.807) is 0 Å². The second-order valence-electron chi connectivity index (χ2n) is 6.88. The predicted molar refractivity (Wildman–Crippen MR) is 107 cm³/mol. The lowest BCUT2D eigenvalue weighted by Crippen LogP contribution is -2.15. The summed E-state index contributed by atoms with van der Waals surface area (Å²) in [6.07, 6.45) is 0.443. The summed E-state index contributed by atoms with van der Waals surface area (Å²) in [4.78, 5) is 12.0. The number of nitrogens with zero attached hydrogens (tertiary/aromatic N) is 1.